The highest BCUT2D eigenvalue weighted by atomic mass is 16.1. The van der Waals surface area contributed by atoms with Gasteiger partial charge in [-0.3, -0.25) is 9.69 Å². The third-order valence-electron chi connectivity index (χ3n) is 4.43. The van der Waals surface area contributed by atoms with Crippen LogP contribution in [0.4, 0.5) is 0 Å². The third kappa shape index (κ3) is 2.35. The number of carbonyl (C=O) groups is 1. The van der Waals surface area contributed by atoms with Gasteiger partial charge in [0, 0.05) is 32.0 Å². The molecule has 3 rings (SSSR count). The second-order valence-corrected chi connectivity index (χ2v) is 6.06. The summed E-state index contributed by atoms with van der Waals surface area (Å²) in [7, 11) is 0. The number of hydrogen-bond donors (Lipinski definition) is 0. The van der Waals surface area contributed by atoms with Crippen molar-refractivity contribution < 1.29 is 4.79 Å². The molecule has 1 saturated carbocycles. The van der Waals surface area contributed by atoms with E-state index < -0.39 is 0 Å². The van der Waals surface area contributed by atoms with E-state index in [-0.39, 0.29) is 0 Å². The Morgan fingerprint density at radius 3 is 2.78 bits per heavy atom. The molecule has 3 unspecified atom stereocenters. The minimum atomic E-state index is 0.324. The van der Waals surface area contributed by atoms with Crippen molar-refractivity contribution >= 4 is 5.78 Å². The van der Waals surface area contributed by atoms with Crippen LogP contribution in [0.25, 0.3) is 0 Å². The minimum absolute atomic E-state index is 0.324. The molecule has 2 aliphatic rings. The lowest BCUT2D eigenvalue weighted by Gasteiger charge is -2.27. The lowest BCUT2D eigenvalue weighted by molar-refractivity contribution is -0.126. The van der Waals surface area contributed by atoms with Crippen molar-refractivity contribution in [2.45, 2.75) is 26.3 Å². The molecule has 3 atom stereocenters. The molecule has 0 radical (unpaired) electrons. The minimum Gasteiger partial charge on any atom is -0.299 e. The van der Waals surface area contributed by atoms with Gasteiger partial charge in [0.05, 0.1) is 0 Å². The molecule has 2 heteroatoms. The molecule has 1 aliphatic carbocycles. The van der Waals surface area contributed by atoms with Crippen molar-refractivity contribution in [2.24, 2.45) is 17.8 Å². The van der Waals surface area contributed by atoms with Gasteiger partial charge in [-0.05, 0) is 23.8 Å². The highest BCUT2D eigenvalue weighted by molar-refractivity contribution is 5.82. The lowest BCUT2D eigenvalue weighted by Crippen LogP contribution is -2.31. The van der Waals surface area contributed by atoms with E-state index in [1.54, 1.807) is 0 Å². The molecule has 1 aromatic rings. The van der Waals surface area contributed by atoms with Gasteiger partial charge in [0.2, 0.25) is 0 Å². The molecule has 0 bridgehead atoms. The van der Waals surface area contributed by atoms with Crippen LogP contribution < -0.4 is 0 Å². The largest absolute Gasteiger partial charge is 0.299 e. The van der Waals surface area contributed by atoms with Crippen LogP contribution in [0.15, 0.2) is 30.3 Å². The zero-order valence-corrected chi connectivity index (χ0v) is 11.0. The fraction of sp³-hybridized carbons (Fsp3) is 0.562. The molecular weight excluding hydrogens is 222 g/mol. The molecule has 1 aliphatic heterocycles. The number of ketones is 1. The second kappa shape index (κ2) is 4.85. The highest BCUT2D eigenvalue weighted by Gasteiger charge is 2.41. The fourth-order valence-electron chi connectivity index (χ4n) is 3.63. The normalized spacial score (nSPS) is 32.5. The van der Waals surface area contributed by atoms with Gasteiger partial charge >= 0.3 is 0 Å². The van der Waals surface area contributed by atoms with E-state index in [2.05, 4.69) is 42.2 Å². The first kappa shape index (κ1) is 11.9. The van der Waals surface area contributed by atoms with E-state index in [4.69, 9.17) is 0 Å². The van der Waals surface area contributed by atoms with E-state index in [0.29, 0.717) is 23.5 Å². The maximum atomic E-state index is 12.1. The zero-order valence-electron chi connectivity index (χ0n) is 11.0. The maximum Gasteiger partial charge on any atom is 0.137 e. The van der Waals surface area contributed by atoms with Gasteiger partial charge in [0.15, 0.2) is 0 Å². The van der Waals surface area contributed by atoms with E-state index in [9.17, 15) is 4.79 Å². The van der Waals surface area contributed by atoms with Crippen molar-refractivity contribution in [2.75, 3.05) is 13.1 Å². The molecule has 0 aromatic heterocycles. The fourth-order valence-corrected chi connectivity index (χ4v) is 3.63. The van der Waals surface area contributed by atoms with Crippen LogP contribution in [0.1, 0.15) is 25.3 Å². The van der Waals surface area contributed by atoms with Crippen LogP contribution in [0, 0.1) is 17.8 Å². The van der Waals surface area contributed by atoms with E-state index in [1.165, 1.54) is 12.0 Å². The summed E-state index contributed by atoms with van der Waals surface area (Å²) >= 11 is 0. The summed E-state index contributed by atoms with van der Waals surface area (Å²) in [6.45, 7) is 5.30. The van der Waals surface area contributed by atoms with Crippen LogP contribution in [-0.4, -0.2) is 23.8 Å². The predicted molar refractivity (Wildman–Crippen MR) is 72.1 cm³/mol. The molecule has 2 nitrogen and oxygen atoms in total. The van der Waals surface area contributed by atoms with Crippen LogP contribution in [-0.2, 0) is 11.3 Å². The van der Waals surface area contributed by atoms with E-state index in [1.807, 2.05) is 0 Å². The molecule has 96 valence electrons. The van der Waals surface area contributed by atoms with Crippen molar-refractivity contribution in [1.29, 1.82) is 0 Å². The average Bonchev–Trinajstić information content (AvgIpc) is 2.73. The zero-order chi connectivity index (χ0) is 12.5. The molecule has 2 fully saturated rings. The molecule has 18 heavy (non-hydrogen) atoms. The van der Waals surface area contributed by atoms with Gasteiger partial charge < -0.3 is 0 Å². The second-order valence-electron chi connectivity index (χ2n) is 6.06. The van der Waals surface area contributed by atoms with Gasteiger partial charge in [-0.25, -0.2) is 0 Å². The van der Waals surface area contributed by atoms with Crippen LogP contribution >= 0.6 is 0 Å². The molecule has 1 heterocycles. The summed E-state index contributed by atoms with van der Waals surface area (Å²) in [6, 6.07) is 10.6. The van der Waals surface area contributed by atoms with Gasteiger partial charge in [0.1, 0.15) is 5.78 Å². The molecule has 1 aromatic carbocycles. The smallest absolute Gasteiger partial charge is 0.137 e. The number of likely N-dealkylation sites (tertiary alicyclic amines) is 1. The monoisotopic (exact) mass is 243 g/mol. The van der Waals surface area contributed by atoms with Gasteiger partial charge in [-0.2, -0.15) is 0 Å². The topological polar surface area (TPSA) is 20.3 Å². The van der Waals surface area contributed by atoms with Crippen LogP contribution in [0.2, 0.25) is 0 Å². The van der Waals surface area contributed by atoms with Gasteiger partial charge in [-0.1, -0.05) is 37.3 Å². The van der Waals surface area contributed by atoms with Crippen LogP contribution in [0.3, 0.4) is 0 Å². The van der Waals surface area contributed by atoms with Crippen molar-refractivity contribution in [3.05, 3.63) is 35.9 Å². The predicted octanol–water partition coefficient (Wildman–Crippen LogP) is 2.73. The van der Waals surface area contributed by atoms with Crippen molar-refractivity contribution in [3.63, 3.8) is 0 Å². The highest BCUT2D eigenvalue weighted by Crippen LogP contribution is 2.37. The number of carbonyl (C=O) groups excluding carboxylic acids is 1. The molecule has 0 amide bonds. The molecule has 1 saturated heterocycles. The summed E-state index contributed by atoms with van der Waals surface area (Å²) in [5, 5.41) is 0. The Kier molecular flexibility index (Phi) is 3.21. The van der Waals surface area contributed by atoms with Crippen molar-refractivity contribution in [1.82, 2.24) is 4.90 Å². The van der Waals surface area contributed by atoms with Gasteiger partial charge in [0.25, 0.3) is 0 Å². The molecule has 0 spiro atoms. The standard InChI is InChI=1S/C16H21NO/c1-12-7-14-10-17(11-15(14)16(18)8-12)9-13-5-3-2-4-6-13/h2-6,12,14-15H,7-11H2,1H3. The summed E-state index contributed by atoms with van der Waals surface area (Å²) < 4.78 is 0. The van der Waals surface area contributed by atoms with Crippen molar-refractivity contribution in [3.8, 4) is 0 Å². The average molecular weight is 243 g/mol. The summed E-state index contributed by atoms with van der Waals surface area (Å²) in [6.07, 6.45) is 2.04. The first-order valence-electron chi connectivity index (χ1n) is 7.01. The van der Waals surface area contributed by atoms with Gasteiger partial charge in [-0.15, -0.1) is 0 Å². The lowest BCUT2D eigenvalue weighted by atomic mass is 9.76. The quantitative estimate of drug-likeness (QED) is 0.796. The number of benzene rings is 1. The first-order valence-corrected chi connectivity index (χ1v) is 7.01. The Morgan fingerprint density at radius 2 is 2.00 bits per heavy atom. The Balaban J connectivity index is 1.66. The summed E-state index contributed by atoms with van der Waals surface area (Å²) in [5.74, 6) is 2.04. The SMILES string of the molecule is CC1CC(=O)C2CN(Cc3ccccc3)CC2C1. The number of rotatable bonds is 2. The Hall–Kier alpha value is -1.15. The third-order valence-corrected chi connectivity index (χ3v) is 4.43. The number of nitrogens with zero attached hydrogens (tertiary/aromatic N) is 1. The Labute approximate surface area is 109 Å². The summed E-state index contributed by atoms with van der Waals surface area (Å²) in [5.41, 5.74) is 1.36. The molecule has 0 N–H and O–H groups in total. The molecular formula is C16H21NO. The Morgan fingerprint density at radius 1 is 1.22 bits per heavy atom. The number of fused-ring (bicyclic) bond motifs is 1. The van der Waals surface area contributed by atoms with E-state index >= 15 is 0 Å². The van der Waals surface area contributed by atoms with Crippen LogP contribution in [0.5, 0.6) is 0 Å². The maximum absolute atomic E-state index is 12.1. The Bertz CT molecular complexity index is 428. The number of hydrogen-bond acceptors (Lipinski definition) is 2. The summed E-state index contributed by atoms with van der Waals surface area (Å²) in [4.78, 5) is 14.5. The number of Topliss-reactive ketones (excluding diaryl/α,β-unsaturated/α-hetero) is 1. The first-order chi connectivity index (χ1) is 8.72. The van der Waals surface area contributed by atoms with E-state index in [0.717, 1.165) is 26.1 Å².